The van der Waals surface area contributed by atoms with Gasteiger partial charge in [0, 0.05) is 65.4 Å². The van der Waals surface area contributed by atoms with Crippen LogP contribution in [-0.4, -0.2) is 83.9 Å². The molecule has 2 amide bonds. The molecule has 0 aromatic carbocycles. The van der Waals surface area contributed by atoms with Gasteiger partial charge in [0.15, 0.2) is 0 Å². The van der Waals surface area contributed by atoms with Crippen LogP contribution in [0.25, 0.3) is 0 Å². The SMILES string of the molecule is C=C(C)C(=O)OCCC[Si](OC)(OC)OC.CCO[Si](CCCNC(N)=O)(OCC)OCC. The number of ether oxygens (including phenoxy) is 1. The zero-order chi connectivity index (χ0) is 25.8. The average Bonchev–Trinajstić information content (AvgIpc) is 2.78. The van der Waals surface area contributed by atoms with Crippen LogP contribution in [0.2, 0.25) is 12.1 Å². The van der Waals surface area contributed by atoms with Gasteiger partial charge in [0.25, 0.3) is 0 Å². The van der Waals surface area contributed by atoms with E-state index in [0.717, 1.165) is 6.42 Å². The third-order valence-corrected chi connectivity index (χ3v) is 10.2. The summed E-state index contributed by atoms with van der Waals surface area (Å²) in [5.41, 5.74) is 5.38. The predicted molar refractivity (Wildman–Crippen MR) is 130 cm³/mol. The van der Waals surface area contributed by atoms with Crippen molar-refractivity contribution in [3.8, 4) is 0 Å². The van der Waals surface area contributed by atoms with E-state index >= 15 is 0 Å². The standard InChI is InChI=1S/C10H24N2O4Si.C10H20O5Si/c1-4-14-17(15-5-2,16-6-3)9-7-8-12-10(11)13;1-9(2)10(11)15-7-6-8-16(12-3,13-4)14-5/h4-9H2,1-3H3,(H3,11,12,13);1,6-8H2,2-5H3. The second kappa shape index (κ2) is 20.1. The van der Waals surface area contributed by atoms with Gasteiger partial charge in [0.05, 0.1) is 6.61 Å². The van der Waals surface area contributed by atoms with Crippen LogP contribution in [0.1, 0.15) is 40.5 Å². The molecule has 0 bridgehead atoms. The molecule has 13 heteroatoms. The smallest absolute Gasteiger partial charge is 0.462 e. The van der Waals surface area contributed by atoms with E-state index in [1.165, 1.54) is 0 Å². The van der Waals surface area contributed by atoms with Gasteiger partial charge in [-0.3, -0.25) is 0 Å². The molecule has 0 saturated carbocycles. The molecule has 0 saturated heterocycles. The third kappa shape index (κ3) is 16.0. The first kappa shape index (κ1) is 33.8. The number of amides is 2. The maximum absolute atomic E-state index is 11.1. The number of carbonyl (C=O) groups is 2. The van der Waals surface area contributed by atoms with Crippen molar-refractivity contribution in [2.45, 2.75) is 52.6 Å². The molecule has 0 radical (unpaired) electrons. The maximum atomic E-state index is 11.1. The Morgan fingerprint density at radius 1 is 0.848 bits per heavy atom. The second-order valence-electron chi connectivity index (χ2n) is 6.69. The van der Waals surface area contributed by atoms with Crippen molar-refractivity contribution >= 4 is 29.6 Å². The van der Waals surface area contributed by atoms with E-state index in [2.05, 4.69) is 11.9 Å². The van der Waals surface area contributed by atoms with Crippen LogP contribution in [0.15, 0.2) is 12.2 Å². The summed E-state index contributed by atoms with van der Waals surface area (Å²) in [7, 11) is -0.426. The highest BCUT2D eigenvalue weighted by molar-refractivity contribution is 6.61. The van der Waals surface area contributed by atoms with Crippen LogP contribution in [0.3, 0.4) is 0 Å². The molecule has 0 atom stereocenters. The predicted octanol–water partition coefficient (Wildman–Crippen LogP) is 2.47. The van der Waals surface area contributed by atoms with Crippen LogP contribution in [-0.2, 0) is 36.1 Å². The number of nitrogens with one attached hydrogen (secondary N) is 1. The number of carbonyl (C=O) groups excluding carboxylic acids is 2. The number of rotatable bonds is 18. The molecule has 0 aliphatic rings. The van der Waals surface area contributed by atoms with Gasteiger partial charge < -0.3 is 42.3 Å². The van der Waals surface area contributed by atoms with Crippen molar-refractivity contribution in [1.82, 2.24) is 5.32 Å². The van der Waals surface area contributed by atoms with E-state index in [9.17, 15) is 9.59 Å². The zero-order valence-electron chi connectivity index (χ0n) is 21.3. The number of urea groups is 1. The minimum atomic E-state index is -2.56. The normalized spacial score (nSPS) is 11.4. The molecule has 0 heterocycles. The lowest BCUT2D eigenvalue weighted by molar-refractivity contribution is -0.139. The van der Waals surface area contributed by atoms with E-state index in [1.54, 1.807) is 28.3 Å². The van der Waals surface area contributed by atoms with Gasteiger partial charge in [-0.25, -0.2) is 9.59 Å². The Balaban J connectivity index is 0. The fraction of sp³-hybridized carbons (Fsp3) is 0.800. The van der Waals surface area contributed by atoms with Crippen molar-refractivity contribution in [2.75, 3.05) is 54.3 Å². The molecule has 0 aliphatic heterocycles. The summed E-state index contributed by atoms with van der Waals surface area (Å²) in [5.74, 6) is -0.375. The quantitative estimate of drug-likeness (QED) is 0.123. The van der Waals surface area contributed by atoms with Gasteiger partial charge >= 0.3 is 29.6 Å². The van der Waals surface area contributed by atoms with Crippen molar-refractivity contribution < 1.29 is 40.9 Å². The third-order valence-electron chi connectivity index (χ3n) is 4.19. The van der Waals surface area contributed by atoms with E-state index in [-0.39, 0.29) is 5.97 Å². The number of nitrogens with two attached hydrogens (primary N) is 1. The topological polar surface area (TPSA) is 137 Å². The Bertz CT molecular complexity index is 524. The van der Waals surface area contributed by atoms with Gasteiger partial charge in [-0.05, 0) is 40.5 Å². The summed E-state index contributed by atoms with van der Waals surface area (Å²) in [6.45, 7) is 13.4. The number of hydrogen-bond donors (Lipinski definition) is 2. The van der Waals surface area contributed by atoms with E-state index < -0.39 is 23.6 Å². The Hall–Kier alpha value is -1.33. The molecule has 0 aliphatic carbocycles. The van der Waals surface area contributed by atoms with Gasteiger partial charge in [-0.1, -0.05) is 6.58 Å². The van der Waals surface area contributed by atoms with E-state index in [4.69, 9.17) is 37.0 Å². The van der Waals surface area contributed by atoms with Crippen LogP contribution < -0.4 is 11.1 Å². The summed E-state index contributed by atoms with van der Waals surface area (Å²) in [6, 6.07) is 0.782. The van der Waals surface area contributed by atoms with Crippen molar-refractivity contribution in [1.29, 1.82) is 0 Å². The minimum absolute atomic E-state index is 0.316. The number of hydrogen-bond acceptors (Lipinski definition) is 9. The molecule has 0 unspecified atom stereocenters. The molecule has 0 rings (SSSR count). The average molecular weight is 513 g/mol. The lowest BCUT2D eigenvalue weighted by Crippen LogP contribution is -2.46. The minimum Gasteiger partial charge on any atom is -0.462 e. The van der Waals surface area contributed by atoms with Crippen molar-refractivity contribution in [3.05, 3.63) is 12.2 Å². The highest BCUT2D eigenvalue weighted by atomic mass is 28.4. The molecule has 0 aromatic heterocycles. The molecule has 0 aromatic rings. The van der Waals surface area contributed by atoms with Crippen LogP contribution >= 0.6 is 0 Å². The molecular weight excluding hydrogens is 468 g/mol. The summed E-state index contributed by atoms with van der Waals surface area (Å²) < 4.78 is 37.6. The Morgan fingerprint density at radius 3 is 1.67 bits per heavy atom. The first-order valence-corrected chi connectivity index (χ1v) is 14.9. The maximum Gasteiger partial charge on any atom is 0.500 e. The first-order valence-electron chi connectivity index (χ1n) is 11.0. The van der Waals surface area contributed by atoms with Gasteiger partial charge in [-0.15, -0.1) is 0 Å². The molecular formula is C20H44N2O9Si2. The number of esters is 1. The fourth-order valence-electron chi connectivity index (χ4n) is 2.65. The van der Waals surface area contributed by atoms with Gasteiger partial charge in [0.1, 0.15) is 0 Å². The summed E-state index contributed by atoms with van der Waals surface area (Å²) in [6.07, 6.45) is 1.37. The Kier molecular flexibility index (Phi) is 20.6. The van der Waals surface area contributed by atoms with E-state index in [0.29, 0.717) is 57.1 Å². The number of primary amides is 1. The highest BCUT2D eigenvalue weighted by Crippen LogP contribution is 2.18. The van der Waals surface area contributed by atoms with Crippen LogP contribution in [0.4, 0.5) is 4.79 Å². The highest BCUT2D eigenvalue weighted by Gasteiger charge is 2.39. The zero-order valence-corrected chi connectivity index (χ0v) is 23.3. The van der Waals surface area contributed by atoms with Crippen molar-refractivity contribution in [2.24, 2.45) is 5.73 Å². The lowest BCUT2D eigenvalue weighted by atomic mass is 10.4. The first-order chi connectivity index (χ1) is 15.6. The van der Waals surface area contributed by atoms with Crippen molar-refractivity contribution in [3.63, 3.8) is 0 Å². The largest absolute Gasteiger partial charge is 0.500 e. The molecule has 11 nitrogen and oxygen atoms in total. The summed E-state index contributed by atoms with van der Waals surface area (Å²) in [4.78, 5) is 21.6. The lowest BCUT2D eigenvalue weighted by Gasteiger charge is -2.28. The molecule has 0 spiro atoms. The van der Waals surface area contributed by atoms with Gasteiger partial charge in [0.2, 0.25) is 0 Å². The van der Waals surface area contributed by atoms with Crippen LogP contribution in [0.5, 0.6) is 0 Å². The monoisotopic (exact) mass is 512 g/mol. The second-order valence-corrected chi connectivity index (χ2v) is 12.5. The summed E-state index contributed by atoms with van der Waals surface area (Å²) in [5, 5.41) is 2.54. The molecule has 196 valence electrons. The molecule has 0 fully saturated rings. The molecule has 33 heavy (non-hydrogen) atoms. The van der Waals surface area contributed by atoms with Crippen LogP contribution in [0, 0.1) is 0 Å². The van der Waals surface area contributed by atoms with E-state index in [1.807, 2.05) is 20.8 Å². The fourth-order valence-corrected chi connectivity index (χ4v) is 6.95. The molecule has 3 N–H and O–H groups in total. The summed E-state index contributed by atoms with van der Waals surface area (Å²) >= 11 is 0. The Labute approximate surface area is 200 Å². The Morgan fingerprint density at radius 2 is 1.30 bits per heavy atom. The van der Waals surface area contributed by atoms with Gasteiger partial charge in [-0.2, -0.15) is 0 Å².